The molecule has 0 aliphatic carbocycles. The molecule has 31 heavy (non-hydrogen) atoms. The number of carbonyl (C=O) groups excluding carboxylic acids is 1. The van der Waals surface area contributed by atoms with Crippen molar-refractivity contribution in [2.24, 2.45) is 0 Å². The van der Waals surface area contributed by atoms with Crippen LogP contribution in [0.4, 0.5) is 11.4 Å². The lowest BCUT2D eigenvalue weighted by atomic mass is 10.1. The van der Waals surface area contributed by atoms with E-state index in [9.17, 15) is 25.0 Å². The van der Waals surface area contributed by atoms with Gasteiger partial charge in [-0.25, -0.2) is 0 Å². The highest BCUT2D eigenvalue weighted by Crippen LogP contribution is 2.22. The first kappa shape index (κ1) is 22.3. The minimum absolute atomic E-state index is 0.122. The molecular formula is C21H25N5O5. The number of piperazine rings is 1. The van der Waals surface area contributed by atoms with Crippen molar-refractivity contribution in [1.29, 1.82) is 0 Å². The number of likely N-dealkylation sites (N-methyl/N-ethyl adjacent to an activating group) is 1. The molecule has 0 bridgehead atoms. The minimum Gasteiger partial charge on any atom is -0.348 e. The monoisotopic (exact) mass is 427 g/mol. The smallest absolute Gasteiger partial charge is 0.277 e. The molecule has 1 aliphatic rings. The summed E-state index contributed by atoms with van der Waals surface area (Å²) in [7, 11) is 0. The van der Waals surface area contributed by atoms with Crippen molar-refractivity contribution in [3.8, 4) is 0 Å². The fraction of sp³-hybridized carbons (Fsp3) is 0.381. The Morgan fingerprint density at radius 2 is 1.42 bits per heavy atom. The number of nitro groups is 2. The molecular weight excluding hydrogens is 402 g/mol. The van der Waals surface area contributed by atoms with Gasteiger partial charge >= 0.3 is 0 Å². The van der Waals surface area contributed by atoms with Crippen molar-refractivity contribution in [3.05, 3.63) is 79.4 Å². The number of amides is 1. The van der Waals surface area contributed by atoms with Crippen molar-refractivity contribution in [3.63, 3.8) is 0 Å². The Labute approximate surface area is 179 Å². The number of nitrogens with zero attached hydrogens (tertiary/aromatic N) is 4. The molecule has 164 valence electrons. The normalized spacial score (nSPS) is 14.9. The van der Waals surface area contributed by atoms with E-state index in [0.29, 0.717) is 0 Å². The zero-order chi connectivity index (χ0) is 22.4. The van der Waals surface area contributed by atoms with Crippen LogP contribution in [0.25, 0.3) is 0 Å². The number of nitro benzene ring substituents is 2. The molecule has 1 heterocycles. The first-order chi connectivity index (χ1) is 14.9. The molecule has 1 aliphatic heterocycles. The topological polar surface area (TPSA) is 122 Å². The largest absolute Gasteiger partial charge is 0.348 e. The van der Waals surface area contributed by atoms with Gasteiger partial charge in [0.15, 0.2) is 0 Å². The zero-order valence-corrected chi connectivity index (χ0v) is 17.3. The van der Waals surface area contributed by atoms with E-state index in [1.165, 1.54) is 5.56 Å². The van der Waals surface area contributed by atoms with Crippen LogP contribution in [-0.2, 0) is 13.1 Å². The molecule has 0 spiro atoms. The molecule has 10 nitrogen and oxygen atoms in total. The van der Waals surface area contributed by atoms with Gasteiger partial charge in [-0.15, -0.1) is 0 Å². The van der Waals surface area contributed by atoms with Crippen molar-refractivity contribution in [2.75, 3.05) is 32.7 Å². The van der Waals surface area contributed by atoms with E-state index in [0.717, 1.165) is 63.0 Å². The van der Waals surface area contributed by atoms with Crippen molar-refractivity contribution in [2.45, 2.75) is 20.0 Å². The maximum atomic E-state index is 12.4. The van der Waals surface area contributed by atoms with Gasteiger partial charge in [0.25, 0.3) is 17.3 Å². The molecule has 1 saturated heterocycles. The van der Waals surface area contributed by atoms with E-state index in [4.69, 9.17) is 0 Å². The molecule has 0 saturated carbocycles. The van der Waals surface area contributed by atoms with Crippen LogP contribution >= 0.6 is 0 Å². The van der Waals surface area contributed by atoms with Gasteiger partial charge in [0, 0.05) is 51.4 Å². The Morgan fingerprint density at radius 1 is 0.903 bits per heavy atom. The number of hydrogen-bond donors (Lipinski definition) is 1. The maximum absolute atomic E-state index is 12.4. The Balaban J connectivity index is 1.57. The Bertz CT molecular complexity index is 923. The van der Waals surface area contributed by atoms with Crippen LogP contribution in [0.15, 0.2) is 42.5 Å². The molecule has 1 N–H and O–H groups in total. The molecule has 3 rings (SSSR count). The zero-order valence-electron chi connectivity index (χ0n) is 17.3. The van der Waals surface area contributed by atoms with Gasteiger partial charge < -0.3 is 10.2 Å². The van der Waals surface area contributed by atoms with Gasteiger partial charge in [0.1, 0.15) is 0 Å². The van der Waals surface area contributed by atoms with Crippen LogP contribution < -0.4 is 5.32 Å². The molecule has 2 aromatic carbocycles. The summed E-state index contributed by atoms with van der Waals surface area (Å²) in [5.41, 5.74) is 0.942. The molecule has 0 radical (unpaired) electrons. The summed E-state index contributed by atoms with van der Waals surface area (Å²) in [5.74, 6) is -0.607. The van der Waals surface area contributed by atoms with Gasteiger partial charge in [-0.3, -0.25) is 29.9 Å². The van der Waals surface area contributed by atoms with Gasteiger partial charge in [-0.1, -0.05) is 31.2 Å². The lowest BCUT2D eigenvalue weighted by Gasteiger charge is -2.34. The second-order valence-electron chi connectivity index (χ2n) is 7.46. The Hall–Kier alpha value is -3.37. The highest BCUT2D eigenvalue weighted by atomic mass is 16.6. The number of hydrogen-bond acceptors (Lipinski definition) is 7. The number of nitrogens with one attached hydrogen (secondary N) is 1. The molecule has 1 amide bonds. The predicted molar refractivity (Wildman–Crippen MR) is 115 cm³/mol. The van der Waals surface area contributed by atoms with E-state index in [2.05, 4.69) is 22.0 Å². The first-order valence-corrected chi connectivity index (χ1v) is 10.1. The van der Waals surface area contributed by atoms with E-state index < -0.39 is 27.1 Å². The first-order valence-electron chi connectivity index (χ1n) is 10.1. The SMILES string of the molecule is CCN1CCN(Cc2ccc(CNC(=O)c3cc([N+](=O)[O-])cc([N+](=O)[O-])c3)cc2)CC1. The molecule has 0 aromatic heterocycles. The molecule has 1 fully saturated rings. The molecule has 10 heteroatoms. The van der Waals surface area contributed by atoms with Gasteiger partial charge in [0.05, 0.1) is 21.5 Å². The standard InChI is InChI=1S/C21H25N5O5/c1-2-23-7-9-24(10-8-23)15-17-5-3-16(4-6-17)14-22-21(27)18-11-19(25(28)29)13-20(12-18)26(30)31/h3-6,11-13H,2,7-10,14-15H2,1H3,(H,22,27). The van der Waals surface area contributed by atoms with Crippen LogP contribution in [0.3, 0.4) is 0 Å². The van der Waals surface area contributed by atoms with Crippen LogP contribution in [0.2, 0.25) is 0 Å². The van der Waals surface area contributed by atoms with E-state index in [-0.39, 0.29) is 12.1 Å². The maximum Gasteiger partial charge on any atom is 0.277 e. The summed E-state index contributed by atoms with van der Waals surface area (Å²) in [4.78, 5) is 37.7. The fourth-order valence-corrected chi connectivity index (χ4v) is 3.51. The highest BCUT2D eigenvalue weighted by Gasteiger charge is 2.20. The summed E-state index contributed by atoms with van der Waals surface area (Å²) in [6.07, 6.45) is 0. The Morgan fingerprint density at radius 3 is 1.94 bits per heavy atom. The van der Waals surface area contributed by atoms with E-state index >= 15 is 0 Å². The number of rotatable bonds is 8. The van der Waals surface area contributed by atoms with Crippen LogP contribution in [0.5, 0.6) is 0 Å². The van der Waals surface area contributed by atoms with Crippen LogP contribution in [0, 0.1) is 20.2 Å². The lowest BCUT2D eigenvalue weighted by molar-refractivity contribution is -0.394. The third-order valence-electron chi connectivity index (χ3n) is 5.38. The van der Waals surface area contributed by atoms with Crippen LogP contribution in [0.1, 0.15) is 28.4 Å². The van der Waals surface area contributed by atoms with Gasteiger partial charge in [-0.05, 0) is 17.7 Å². The third kappa shape index (κ3) is 6.06. The number of non-ortho nitro benzene ring substituents is 2. The summed E-state index contributed by atoms with van der Waals surface area (Å²) >= 11 is 0. The van der Waals surface area contributed by atoms with Crippen molar-refractivity contribution >= 4 is 17.3 Å². The van der Waals surface area contributed by atoms with Gasteiger partial charge in [0.2, 0.25) is 0 Å². The second kappa shape index (κ2) is 10.1. The summed E-state index contributed by atoms with van der Waals surface area (Å²) < 4.78 is 0. The third-order valence-corrected chi connectivity index (χ3v) is 5.38. The quantitative estimate of drug-likeness (QED) is 0.507. The molecule has 0 unspecified atom stereocenters. The highest BCUT2D eigenvalue weighted by molar-refractivity contribution is 5.95. The molecule has 0 atom stereocenters. The average molecular weight is 427 g/mol. The summed E-state index contributed by atoms with van der Waals surface area (Å²) in [6, 6.07) is 10.8. The second-order valence-corrected chi connectivity index (χ2v) is 7.46. The van der Waals surface area contributed by atoms with E-state index in [1.807, 2.05) is 24.3 Å². The van der Waals surface area contributed by atoms with E-state index in [1.54, 1.807) is 0 Å². The minimum atomic E-state index is -0.759. The predicted octanol–water partition coefficient (Wildman–Crippen LogP) is 2.57. The fourth-order valence-electron chi connectivity index (χ4n) is 3.51. The van der Waals surface area contributed by atoms with Gasteiger partial charge in [-0.2, -0.15) is 0 Å². The number of benzene rings is 2. The molecule has 2 aromatic rings. The number of carbonyl (C=O) groups is 1. The van der Waals surface area contributed by atoms with Crippen molar-refractivity contribution < 1.29 is 14.6 Å². The van der Waals surface area contributed by atoms with Crippen molar-refractivity contribution in [1.82, 2.24) is 15.1 Å². The summed E-state index contributed by atoms with van der Waals surface area (Å²) in [5, 5.41) is 24.6. The lowest BCUT2D eigenvalue weighted by Crippen LogP contribution is -2.45. The summed E-state index contributed by atoms with van der Waals surface area (Å²) in [6.45, 7) is 8.59. The Kier molecular flexibility index (Phi) is 7.27. The average Bonchev–Trinajstić information content (AvgIpc) is 2.78. The van der Waals surface area contributed by atoms with Crippen LogP contribution in [-0.4, -0.2) is 58.3 Å².